The maximum absolute atomic E-state index is 10.7. The van der Waals surface area contributed by atoms with Crippen LogP contribution in [0, 0.1) is 0 Å². The molecule has 0 saturated carbocycles. The highest BCUT2D eigenvalue weighted by Crippen LogP contribution is 2.28. The van der Waals surface area contributed by atoms with Crippen LogP contribution >= 0.6 is 0 Å². The maximum Gasteiger partial charge on any atom is 0.216 e. The summed E-state index contributed by atoms with van der Waals surface area (Å²) in [7, 11) is 0. The van der Waals surface area contributed by atoms with Crippen molar-refractivity contribution in [3.8, 4) is 5.75 Å². The molecule has 1 aromatic carbocycles. The minimum atomic E-state index is -1.39. The minimum absolute atomic E-state index is 0.0262. The van der Waals surface area contributed by atoms with E-state index in [9.17, 15) is 24.9 Å². The van der Waals surface area contributed by atoms with Gasteiger partial charge >= 0.3 is 0 Å². The lowest BCUT2D eigenvalue weighted by Gasteiger charge is -2.19. The van der Waals surface area contributed by atoms with Crippen LogP contribution in [0.4, 0.5) is 0 Å². The number of carbonyl (C=O) groups excluding carboxylic acids is 2. The second kappa shape index (κ2) is 6.13. The van der Waals surface area contributed by atoms with Gasteiger partial charge in [-0.3, -0.25) is 9.59 Å². The lowest BCUT2D eigenvalue weighted by atomic mass is 10.0. The van der Waals surface area contributed by atoms with Crippen molar-refractivity contribution < 1.29 is 24.9 Å². The fourth-order valence-corrected chi connectivity index (χ4v) is 1.48. The van der Waals surface area contributed by atoms with Crippen LogP contribution in [0.1, 0.15) is 28.9 Å². The number of para-hydroxylation sites is 1. The van der Waals surface area contributed by atoms with Crippen molar-refractivity contribution in [3.63, 3.8) is 0 Å². The molecule has 0 fully saturated rings. The fourth-order valence-electron chi connectivity index (χ4n) is 1.48. The lowest BCUT2D eigenvalue weighted by Crippen LogP contribution is -2.34. The van der Waals surface area contributed by atoms with Crippen LogP contribution in [0.25, 0.3) is 0 Å². The van der Waals surface area contributed by atoms with Crippen molar-refractivity contribution in [1.29, 1.82) is 0 Å². The Kier molecular flexibility index (Phi) is 4.82. The summed E-state index contributed by atoms with van der Waals surface area (Å²) in [6, 6.07) is 4.26. The summed E-state index contributed by atoms with van der Waals surface area (Å²) in [4.78, 5) is 21.3. The van der Waals surface area contributed by atoms with Gasteiger partial charge in [0.1, 0.15) is 18.0 Å². The van der Waals surface area contributed by atoms with E-state index < -0.39 is 12.2 Å². The van der Waals surface area contributed by atoms with Gasteiger partial charge in [0.05, 0.1) is 5.56 Å². The van der Waals surface area contributed by atoms with E-state index >= 15 is 0 Å². The molecule has 1 amide bonds. The van der Waals surface area contributed by atoms with Crippen LogP contribution in [0.2, 0.25) is 0 Å². The van der Waals surface area contributed by atoms with E-state index in [1.807, 2.05) is 0 Å². The van der Waals surface area contributed by atoms with Crippen molar-refractivity contribution in [2.75, 3.05) is 6.54 Å². The molecule has 0 aliphatic rings. The molecule has 4 N–H and O–H groups in total. The SMILES string of the molecule is CC(=O)NCC(O)C(O)c1cccc(C=O)c1O. The van der Waals surface area contributed by atoms with Crippen molar-refractivity contribution in [2.24, 2.45) is 0 Å². The average molecular weight is 253 g/mol. The Morgan fingerprint density at radius 3 is 2.67 bits per heavy atom. The van der Waals surface area contributed by atoms with Crippen molar-refractivity contribution in [2.45, 2.75) is 19.1 Å². The average Bonchev–Trinajstić information content (AvgIpc) is 2.35. The summed E-state index contributed by atoms with van der Waals surface area (Å²) in [5.74, 6) is -0.714. The number of aldehydes is 1. The summed E-state index contributed by atoms with van der Waals surface area (Å²) < 4.78 is 0. The number of phenols is 1. The van der Waals surface area contributed by atoms with Crippen LogP contribution in [0.5, 0.6) is 5.75 Å². The number of aliphatic hydroxyl groups is 2. The van der Waals surface area contributed by atoms with Gasteiger partial charge in [-0.2, -0.15) is 0 Å². The van der Waals surface area contributed by atoms with Crippen molar-refractivity contribution >= 4 is 12.2 Å². The molecule has 0 bridgehead atoms. The highest BCUT2D eigenvalue weighted by atomic mass is 16.3. The smallest absolute Gasteiger partial charge is 0.216 e. The van der Waals surface area contributed by atoms with Crippen LogP contribution in [0.15, 0.2) is 18.2 Å². The van der Waals surface area contributed by atoms with Gasteiger partial charge in [-0.25, -0.2) is 0 Å². The Bertz CT molecular complexity index is 446. The van der Waals surface area contributed by atoms with E-state index in [1.165, 1.54) is 25.1 Å². The zero-order valence-electron chi connectivity index (χ0n) is 9.83. The molecule has 0 aliphatic heterocycles. The van der Waals surface area contributed by atoms with E-state index in [-0.39, 0.29) is 29.3 Å². The normalized spacial score (nSPS) is 13.7. The summed E-state index contributed by atoms with van der Waals surface area (Å²) in [5.41, 5.74) is 0.0655. The summed E-state index contributed by atoms with van der Waals surface area (Å²) >= 11 is 0. The zero-order valence-corrected chi connectivity index (χ0v) is 9.83. The number of carbonyl (C=O) groups is 2. The molecule has 0 radical (unpaired) electrons. The van der Waals surface area contributed by atoms with E-state index in [0.717, 1.165) is 0 Å². The third-order valence-corrected chi connectivity index (χ3v) is 2.47. The molecule has 0 aromatic heterocycles. The highest BCUT2D eigenvalue weighted by molar-refractivity contribution is 5.80. The predicted molar refractivity (Wildman–Crippen MR) is 63.1 cm³/mol. The molecule has 1 rings (SSSR count). The predicted octanol–water partition coefficient (Wildman–Crippen LogP) is -0.265. The van der Waals surface area contributed by atoms with Crippen LogP contribution < -0.4 is 5.32 Å². The number of rotatable bonds is 5. The van der Waals surface area contributed by atoms with Crippen molar-refractivity contribution in [3.05, 3.63) is 29.3 Å². The number of amides is 1. The summed E-state index contributed by atoms with van der Waals surface area (Å²) in [6.45, 7) is 1.13. The van der Waals surface area contributed by atoms with E-state index in [1.54, 1.807) is 0 Å². The first-order valence-corrected chi connectivity index (χ1v) is 5.35. The zero-order chi connectivity index (χ0) is 13.7. The summed E-state index contributed by atoms with van der Waals surface area (Å²) in [6.07, 6.45) is -2.22. The Hall–Kier alpha value is -1.92. The molecule has 0 spiro atoms. The Balaban J connectivity index is 2.86. The monoisotopic (exact) mass is 253 g/mol. The molecule has 1 aromatic rings. The van der Waals surface area contributed by atoms with Gasteiger partial charge < -0.3 is 20.6 Å². The minimum Gasteiger partial charge on any atom is -0.507 e. The number of nitrogens with one attached hydrogen (secondary N) is 1. The van der Waals surface area contributed by atoms with Gasteiger partial charge in [-0.15, -0.1) is 0 Å². The van der Waals surface area contributed by atoms with Gasteiger partial charge in [0, 0.05) is 19.0 Å². The Labute approximate surface area is 104 Å². The van der Waals surface area contributed by atoms with Gasteiger partial charge in [-0.1, -0.05) is 12.1 Å². The second-order valence-electron chi connectivity index (χ2n) is 3.85. The first kappa shape index (κ1) is 14.1. The van der Waals surface area contributed by atoms with Crippen LogP contribution in [-0.2, 0) is 4.79 Å². The van der Waals surface area contributed by atoms with Gasteiger partial charge in [0.15, 0.2) is 6.29 Å². The van der Waals surface area contributed by atoms with Gasteiger partial charge in [0.2, 0.25) is 5.91 Å². The van der Waals surface area contributed by atoms with Gasteiger partial charge in [0.25, 0.3) is 0 Å². The Morgan fingerprint density at radius 1 is 1.44 bits per heavy atom. The third-order valence-electron chi connectivity index (χ3n) is 2.47. The van der Waals surface area contributed by atoms with E-state index in [4.69, 9.17) is 0 Å². The number of benzene rings is 1. The maximum atomic E-state index is 10.7. The quantitative estimate of drug-likeness (QED) is 0.541. The number of hydrogen-bond donors (Lipinski definition) is 4. The van der Waals surface area contributed by atoms with Crippen LogP contribution in [-0.4, -0.2) is 40.2 Å². The molecule has 98 valence electrons. The number of hydrogen-bond acceptors (Lipinski definition) is 5. The molecule has 6 nitrogen and oxygen atoms in total. The number of phenolic OH excluding ortho intramolecular Hbond substituents is 1. The topological polar surface area (TPSA) is 107 Å². The van der Waals surface area contributed by atoms with E-state index in [2.05, 4.69) is 5.32 Å². The highest BCUT2D eigenvalue weighted by Gasteiger charge is 2.22. The Morgan fingerprint density at radius 2 is 2.11 bits per heavy atom. The molecule has 2 unspecified atom stereocenters. The third kappa shape index (κ3) is 3.28. The lowest BCUT2D eigenvalue weighted by molar-refractivity contribution is -0.119. The number of aromatic hydroxyl groups is 1. The molecule has 0 heterocycles. The van der Waals surface area contributed by atoms with E-state index in [0.29, 0.717) is 6.29 Å². The molecule has 0 aliphatic carbocycles. The number of aliphatic hydroxyl groups excluding tert-OH is 2. The molecule has 0 saturated heterocycles. The molecule has 6 heteroatoms. The molecule has 18 heavy (non-hydrogen) atoms. The first-order chi connectivity index (χ1) is 8.47. The summed E-state index contributed by atoms with van der Waals surface area (Å²) in [5, 5.41) is 31.5. The van der Waals surface area contributed by atoms with Gasteiger partial charge in [-0.05, 0) is 6.07 Å². The standard InChI is InChI=1S/C12H15NO5/c1-7(15)13-5-10(16)12(18)9-4-2-3-8(6-14)11(9)17/h2-4,6,10,12,16-18H,5H2,1H3,(H,13,15). The fraction of sp³-hybridized carbons (Fsp3) is 0.333. The first-order valence-electron chi connectivity index (χ1n) is 5.35. The second-order valence-corrected chi connectivity index (χ2v) is 3.85. The van der Waals surface area contributed by atoms with Crippen molar-refractivity contribution in [1.82, 2.24) is 5.32 Å². The molecular formula is C12H15NO5. The largest absolute Gasteiger partial charge is 0.507 e. The molecule has 2 atom stereocenters. The van der Waals surface area contributed by atoms with Crippen LogP contribution in [0.3, 0.4) is 0 Å². The molecular weight excluding hydrogens is 238 g/mol.